The summed E-state index contributed by atoms with van der Waals surface area (Å²) in [6.07, 6.45) is 4.91. The molecule has 2 aromatic rings. The fourth-order valence-electron chi connectivity index (χ4n) is 1.43. The van der Waals surface area contributed by atoms with Crippen molar-refractivity contribution >= 4 is 17.3 Å². The van der Waals surface area contributed by atoms with Gasteiger partial charge in [-0.15, -0.1) is 0 Å². The first kappa shape index (κ1) is 11.7. The predicted octanol–water partition coefficient (Wildman–Crippen LogP) is 1.33. The molecular formula is C10H12ClN5O. The fraction of sp³-hybridized carbons (Fsp3) is 0.300. The van der Waals surface area contributed by atoms with Gasteiger partial charge >= 0.3 is 0 Å². The quantitative estimate of drug-likeness (QED) is 0.865. The zero-order valence-corrected chi connectivity index (χ0v) is 10.2. The highest BCUT2D eigenvalue weighted by Gasteiger charge is 2.12. The van der Waals surface area contributed by atoms with Crippen molar-refractivity contribution in [1.29, 1.82) is 0 Å². The number of nitrogens with one attached hydrogen (secondary N) is 2. The van der Waals surface area contributed by atoms with Gasteiger partial charge in [0.2, 0.25) is 0 Å². The van der Waals surface area contributed by atoms with Crippen molar-refractivity contribution in [1.82, 2.24) is 19.7 Å². The monoisotopic (exact) mass is 253 g/mol. The fourth-order valence-corrected chi connectivity index (χ4v) is 1.65. The molecule has 0 bridgehead atoms. The average Bonchev–Trinajstić information content (AvgIpc) is 2.83. The number of aromatic amines is 1. The van der Waals surface area contributed by atoms with Crippen LogP contribution in [0.4, 0.5) is 5.69 Å². The van der Waals surface area contributed by atoms with Crippen LogP contribution in [0.5, 0.6) is 0 Å². The first-order valence-corrected chi connectivity index (χ1v) is 5.45. The Labute approximate surface area is 103 Å². The number of halogens is 1. The smallest absolute Gasteiger partial charge is 0.287 e. The summed E-state index contributed by atoms with van der Waals surface area (Å²) in [5.41, 5.74) is 0.168. The van der Waals surface area contributed by atoms with Crippen LogP contribution in [0.3, 0.4) is 0 Å². The summed E-state index contributed by atoms with van der Waals surface area (Å²) in [6, 6.07) is -0.0867. The largest absolute Gasteiger partial charge is 0.373 e. The minimum Gasteiger partial charge on any atom is -0.373 e. The van der Waals surface area contributed by atoms with Crippen molar-refractivity contribution in [3.05, 3.63) is 39.8 Å². The topological polar surface area (TPSA) is 75.6 Å². The van der Waals surface area contributed by atoms with Crippen LogP contribution in [0, 0.1) is 0 Å². The first-order valence-electron chi connectivity index (χ1n) is 5.07. The van der Waals surface area contributed by atoms with Crippen molar-refractivity contribution in [3.8, 4) is 0 Å². The van der Waals surface area contributed by atoms with E-state index in [-0.39, 0.29) is 16.6 Å². The minimum atomic E-state index is -0.330. The van der Waals surface area contributed by atoms with E-state index in [0.29, 0.717) is 5.69 Å². The van der Waals surface area contributed by atoms with E-state index in [1.807, 2.05) is 6.92 Å². The van der Waals surface area contributed by atoms with E-state index in [1.165, 1.54) is 10.9 Å². The molecule has 0 amide bonds. The molecule has 1 unspecified atom stereocenters. The number of imidazole rings is 1. The van der Waals surface area contributed by atoms with Gasteiger partial charge in [0.25, 0.3) is 5.56 Å². The van der Waals surface area contributed by atoms with Gasteiger partial charge in [-0.2, -0.15) is 5.10 Å². The molecule has 0 saturated heterocycles. The molecule has 0 fully saturated rings. The Morgan fingerprint density at radius 1 is 1.59 bits per heavy atom. The SMILES string of the molecule is CC(Nc1cnn(C)c(=O)c1Cl)c1ncc[nH]1. The molecule has 2 N–H and O–H groups in total. The van der Waals surface area contributed by atoms with Gasteiger partial charge in [0, 0.05) is 19.4 Å². The van der Waals surface area contributed by atoms with E-state index in [1.54, 1.807) is 19.4 Å². The van der Waals surface area contributed by atoms with Crippen LogP contribution >= 0.6 is 11.6 Å². The second kappa shape index (κ2) is 4.58. The molecule has 0 radical (unpaired) electrons. The number of hydrogen-bond donors (Lipinski definition) is 2. The van der Waals surface area contributed by atoms with Crippen molar-refractivity contribution < 1.29 is 0 Å². The molecule has 7 heteroatoms. The van der Waals surface area contributed by atoms with E-state index >= 15 is 0 Å². The highest BCUT2D eigenvalue weighted by Crippen LogP contribution is 2.20. The Balaban J connectivity index is 2.25. The molecule has 17 heavy (non-hydrogen) atoms. The lowest BCUT2D eigenvalue weighted by Crippen LogP contribution is -2.21. The van der Waals surface area contributed by atoms with Crippen molar-refractivity contribution in [2.45, 2.75) is 13.0 Å². The summed E-state index contributed by atoms with van der Waals surface area (Å²) in [4.78, 5) is 18.7. The lowest BCUT2D eigenvalue weighted by molar-refractivity contribution is 0.705. The summed E-state index contributed by atoms with van der Waals surface area (Å²) in [5, 5.41) is 7.11. The van der Waals surface area contributed by atoms with Crippen LogP contribution in [0.25, 0.3) is 0 Å². The maximum atomic E-state index is 11.6. The summed E-state index contributed by atoms with van der Waals surface area (Å²) < 4.78 is 1.19. The zero-order valence-electron chi connectivity index (χ0n) is 9.44. The number of aryl methyl sites for hydroxylation is 1. The second-order valence-corrected chi connectivity index (χ2v) is 4.02. The highest BCUT2D eigenvalue weighted by molar-refractivity contribution is 6.32. The Hall–Kier alpha value is -1.82. The van der Waals surface area contributed by atoms with Crippen molar-refractivity contribution in [3.63, 3.8) is 0 Å². The van der Waals surface area contributed by atoms with Gasteiger partial charge < -0.3 is 10.3 Å². The van der Waals surface area contributed by atoms with Gasteiger partial charge in [-0.05, 0) is 6.92 Å². The lowest BCUT2D eigenvalue weighted by atomic mass is 10.3. The molecule has 0 spiro atoms. The first-order chi connectivity index (χ1) is 8.09. The van der Waals surface area contributed by atoms with E-state index in [4.69, 9.17) is 11.6 Å². The molecule has 1 atom stereocenters. The van der Waals surface area contributed by atoms with Crippen molar-refractivity contribution in [2.24, 2.45) is 7.05 Å². The Morgan fingerprint density at radius 3 is 3.00 bits per heavy atom. The molecular weight excluding hydrogens is 242 g/mol. The molecule has 0 saturated carbocycles. The summed E-state index contributed by atoms with van der Waals surface area (Å²) in [5.74, 6) is 0.766. The standard InChI is InChI=1S/C10H12ClN5O/c1-6(9-12-3-4-13-9)15-7-5-14-16(2)10(17)8(7)11/h3-6,15H,1-2H3,(H,12,13). The molecule has 0 aliphatic carbocycles. The number of hydrogen-bond acceptors (Lipinski definition) is 4. The Bertz CT molecular complexity index is 563. The Kier molecular flexibility index (Phi) is 3.14. The lowest BCUT2D eigenvalue weighted by Gasteiger charge is -2.13. The summed E-state index contributed by atoms with van der Waals surface area (Å²) >= 11 is 5.94. The molecule has 90 valence electrons. The van der Waals surface area contributed by atoms with Gasteiger partial charge in [-0.1, -0.05) is 11.6 Å². The number of aromatic nitrogens is 4. The predicted molar refractivity (Wildman–Crippen MR) is 65.1 cm³/mol. The maximum Gasteiger partial charge on any atom is 0.287 e. The summed E-state index contributed by atoms with van der Waals surface area (Å²) in [7, 11) is 1.55. The van der Waals surface area contributed by atoms with Crippen LogP contribution in [0.2, 0.25) is 5.02 Å². The van der Waals surface area contributed by atoms with Crippen LogP contribution in [0.15, 0.2) is 23.4 Å². The van der Waals surface area contributed by atoms with Gasteiger partial charge in [0.15, 0.2) is 0 Å². The number of rotatable bonds is 3. The third-order valence-electron chi connectivity index (χ3n) is 2.38. The van der Waals surface area contributed by atoms with E-state index in [0.717, 1.165) is 5.82 Å². The highest BCUT2D eigenvalue weighted by atomic mass is 35.5. The number of nitrogens with zero attached hydrogens (tertiary/aromatic N) is 3. The average molecular weight is 254 g/mol. The van der Waals surface area contributed by atoms with Crippen LogP contribution < -0.4 is 10.9 Å². The van der Waals surface area contributed by atoms with Gasteiger partial charge in [0.05, 0.1) is 17.9 Å². The second-order valence-electron chi connectivity index (χ2n) is 3.64. The number of anilines is 1. The zero-order chi connectivity index (χ0) is 12.4. The van der Waals surface area contributed by atoms with E-state index in [2.05, 4.69) is 20.4 Å². The third kappa shape index (κ3) is 2.31. The maximum absolute atomic E-state index is 11.6. The summed E-state index contributed by atoms with van der Waals surface area (Å²) in [6.45, 7) is 1.91. The van der Waals surface area contributed by atoms with Gasteiger partial charge in [-0.25, -0.2) is 9.67 Å². The molecule has 0 aliphatic rings. The molecule has 2 heterocycles. The van der Waals surface area contributed by atoms with Gasteiger partial charge in [-0.3, -0.25) is 4.79 Å². The third-order valence-corrected chi connectivity index (χ3v) is 2.74. The minimum absolute atomic E-state index is 0.0867. The van der Waals surface area contributed by atoms with Crippen LogP contribution in [-0.4, -0.2) is 19.7 Å². The van der Waals surface area contributed by atoms with Crippen molar-refractivity contribution in [2.75, 3.05) is 5.32 Å². The molecule has 2 rings (SSSR count). The molecule has 6 nitrogen and oxygen atoms in total. The molecule has 2 aromatic heterocycles. The van der Waals surface area contributed by atoms with E-state index < -0.39 is 0 Å². The van der Waals surface area contributed by atoms with Crippen LogP contribution in [0.1, 0.15) is 18.8 Å². The van der Waals surface area contributed by atoms with E-state index in [9.17, 15) is 4.79 Å². The molecule has 0 aliphatic heterocycles. The Morgan fingerprint density at radius 2 is 2.35 bits per heavy atom. The van der Waals surface area contributed by atoms with Gasteiger partial charge in [0.1, 0.15) is 10.8 Å². The van der Waals surface area contributed by atoms with Crippen LogP contribution in [-0.2, 0) is 7.05 Å². The normalized spacial score (nSPS) is 12.4. The number of H-pyrrole nitrogens is 1. The molecule has 0 aromatic carbocycles.